The van der Waals surface area contributed by atoms with E-state index in [-0.39, 0.29) is 5.75 Å². The second-order valence-electron chi connectivity index (χ2n) is 4.24. The SMILES string of the molecule is CS(=O)(=O)Cc1ccc(-c2ccc(N)cc2)nc1. The lowest BCUT2D eigenvalue weighted by Gasteiger charge is -2.03. The molecule has 2 N–H and O–H groups in total. The number of nitrogens with two attached hydrogens (primary N) is 1. The Morgan fingerprint density at radius 1 is 1.11 bits per heavy atom. The van der Waals surface area contributed by atoms with E-state index in [9.17, 15) is 8.42 Å². The van der Waals surface area contributed by atoms with Gasteiger partial charge in [0.2, 0.25) is 0 Å². The lowest BCUT2D eigenvalue weighted by atomic mass is 10.1. The highest BCUT2D eigenvalue weighted by molar-refractivity contribution is 7.89. The Labute approximate surface area is 106 Å². The number of hydrogen-bond donors (Lipinski definition) is 1. The van der Waals surface area contributed by atoms with E-state index in [1.54, 1.807) is 24.4 Å². The molecule has 0 saturated carbocycles. The fourth-order valence-corrected chi connectivity index (χ4v) is 2.41. The summed E-state index contributed by atoms with van der Waals surface area (Å²) < 4.78 is 22.3. The molecule has 0 aliphatic carbocycles. The molecule has 0 aliphatic rings. The molecule has 0 amide bonds. The van der Waals surface area contributed by atoms with Crippen LogP contribution in [0.25, 0.3) is 11.3 Å². The van der Waals surface area contributed by atoms with Crippen LogP contribution in [0.15, 0.2) is 42.6 Å². The van der Waals surface area contributed by atoms with Crippen LogP contribution in [-0.4, -0.2) is 19.7 Å². The van der Waals surface area contributed by atoms with Crippen LogP contribution in [-0.2, 0) is 15.6 Å². The van der Waals surface area contributed by atoms with E-state index in [2.05, 4.69) is 4.98 Å². The van der Waals surface area contributed by atoms with Crippen LogP contribution in [0.2, 0.25) is 0 Å². The lowest BCUT2D eigenvalue weighted by molar-refractivity contribution is 0.601. The van der Waals surface area contributed by atoms with Gasteiger partial charge in [-0.1, -0.05) is 18.2 Å². The minimum Gasteiger partial charge on any atom is -0.399 e. The van der Waals surface area contributed by atoms with Gasteiger partial charge in [-0.3, -0.25) is 4.98 Å². The number of pyridine rings is 1. The van der Waals surface area contributed by atoms with E-state index in [1.807, 2.05) is 18.2 Å². The lowest BCUT2D eigenvalue weighted by Crippen LogP contribution is -2.01. The zero-order valence-electron chi connectivity index (χ0n) is 10.00. The number of aromatic nitrogens is 1. The third kappa shape index (κ3) is 3.30. The Hall–Kier alpha value is -1.88. The van der Waals surface area contributed by atoms with Crippen LogP contribution in [0.1, 0.15) is 5.56 Å². The molecule has 18 heavy (non-hydrogen) atoms. The minimum atomic E-state index is -3.02. The summed E-state index contributed by atoms with van der Waals surface area (Å²) in [5.41, 5.74) is 8.76. The smallest absolute Gasteiger partial charge is 0.151 e. The molecule has 0 bridgehead atoms. The van der Waals surface area contributed by atoms with Crippen molar-refractivity contribution in [3.8, 4) is 11.3 Å². The van der Waals surface area contributed by atoms with Crippen LogP contribution >= 0.6 is 0 Å². The van der Waals surface area contributed by atoms with Gasteiger partial charge in [0.25, 0.3) is 0 Å². The number of benzene rings is 1. The molecule has 1 aromatic heterocycles. The molecule has 5 heteroatoms. The number of sulfone groups is 1. The van der Waals surface area contributed by atoms with Crippen LogP contribution in [0.5, 0.6) is 0 Å². The third-order valence-corrected chi connectivity index (χ3v) is 3.32. The Bertz CT molecular complexity index is 632. The average molecular weight is 262 g/mol. The summed E-state index contributed by atoms with van der Waals surface area (Å²) in [7, 11) is -3.02. The van der Waals surface area contributed by atoms with Gasteiger partial charge in [0.15, 0.2) is 9.84 Å². The van der Waals surface area contributed by atoms with E-state index in [4.69, 9.17) is 5.73 Å². The number of anilines is 1. The van der Waals surface area contributed by atoms with Crippen molar-refractivity contribution in [3.63, 3.8) is 0 Å². The predicted octanol–water partition coefficient (Wildman–Crippen LogP) is 1.88. The van der Waals surface area contributed by atoms with E-state index >= 15 is 0 Å². The molecule has 0 spiro atoms. The molecule has 1 aromatic carbocycles. The van der Waals surface area contributed by atoms with E-state index in [0.29, 0.717) is 11.3 Å². The second-order valence-corrected chi connectivity index (χ2v) is 6.38. The van der Waals surface area contributed by atoms with Gasteiger partial charge in [-0.25, -0.2) is 8.42 Å². The van der Waals surface area contributed by atoms with Gasteiger partial charge < -0.3 is 5.73 Å². The van der Waals surface area contributed by atoms with Crippen LogP contribution < -0.4 is 5.73 Å². The fourth-order valence-electron chi connectivity index (χ4n) is 1.64. The first kappa shape index (κ1) is 12.6. The molecule has 0 fully saturated rings. The van der Waals surface area contributed by atoms with Crippen molar-refractivity contribution in [1.82, 2.24) is 4.98 Å². The summed E-state index contributed by atoms with van der Waals surface area (Å²) in [6, 6.07) is 11.0. The van der Waals surface area contributed by atoms with Gasteiger partial charge in [0.05, 0.1) is 11.4 Å². The molecule has 2 aromatic rings. The average Bonchev–Trinajstić information content (AvgIpc) is 2.29. The van der Waals surface area contributed by atoms with E-state index in [1.165, 1.54) is 6.26 Å². The first-order valence-corrected chi connectivity index (χ1v) is 7.49. The molecular weight excluding hydrogens is 248 g/mol. The van der Waals surface area contributed by atoms with Crippen molar-refractivity contribution in [2.75, 3.05) is 12.0 Å². The van der Waals surface area contributed by atoms with Gasteiger partial charge in [-0.15, -0.1) is 0 Å². The molecular formula is C13H14N2O2S. The van der Waals surface area contributed by atoms with Gasteiger partial charge >= 0.3 is 0 Å². The standard InChI is InChI=1S/C13H14N2O2S/c1-18(16,17)9-10-2-7-13(15-8-10)11-3-5-12(14)6-4-11/h2-8H,9,14H2,1H3. The zero-order valence-corrected chi connectivity index (χ0v) is 10.8. The monoisotopic (exact) mass is 262 g/mol. The molecule has 0 atom stereocenters. The molecule has 0 saturated heterocycles. The summed E-state index contributed by atoms with van der Waals surface area (Å²) in [6.45, 7) is 0. The van der Waals surface area contributed by atoms with Gasteiger partial charge in [-0.05, 0) is 23.8 Å². The van der Waals surface area contributed by atoms with Crippen LogP contribution in [0.4, 0.5) is 5.69 Å². The quantitative estimate of drug-likeness (QED) is 0.857. The Morgan fingerprint density at radius 3 is 2.28 bits per heavy atom. The highest BCUT2D eigenvalue weighted by Crippen LogP contribution is 2.18. The summed E-state index contributed by atoms with van der Waals surface area (Å²) in [4.78, 5) is 4.26. The Balaban J connectivity index is 2.25. The maximum Gasteiger partial charge on any atom is 0.151 e. The summed E-state index contributed by atoms with van der Waals surface area (Å²) in [6.07, 6.45) is 2.80. The van der Waals surface area contributed by atoms with E-state index < -0.39 is 9.84 Å². The topological polar surface area (TPSA) is 73.0 Å². The fraction of sp³-hybridized carbons (Fsp3) is 0.154. The number of nitrogen functional groups attached to an aromatic ring is 1. The van der Waals surface area contributed by atoms with Crippen LogP contribution in [0.3, 0.4) is 0 Å². The molecule has 1 heterocycles. The highest BCUT2D eigenvalue weighted by atomic mass is 32.2. The number of rotatable bonds is 3. The van der Waals surface area contributed by atoms with Crippen molar-refractivity contribution in [2.24, 2.45) is 0 Å². The molecule has 4 nitrogen and oxygen atoms in total. The molecule has 94 valence electrons. The van der Waals surface area contributed by atoms with Crippen molar-refractivity contribution >= 4 is 15.5 Å². The molecule has 2 rings (SSSR count). The molecule has 0 unspecified atom stereocenters. The summed E-state index contributed by atoms with van der Waals surface area (Å²) in [5, 5.41) is 0. The first-order chi connectivity index (χ1) is 8.44. The number of hydrogen-bond acceptors (Lipinski definition) is 4. The summed E-state index contributed by atoms with van der Waals surface area (Å²) in [5.74, 6) is 0.0159. The normalized spacial score (nSPS) is 11.4. The molecule has 0 aliphatic heterocycles. The Kier molecular flexibility index (Phi) is 3.34. The first-order valence-electron chi connectivity index (χ1n) is 5.43. The minimum absolute atomic E-state index is 0.0159. The maximum atomic E-state index is 11.2. The van der Waals surface area contributed by atoms with Gasteiger partial charge in [0.1, 0.15) is 0 Å². The van der Waals surface area contributed by atoms with E-state index in [0.717, 1.165) is 11.3 Å². The van der Waals surface area contributed by atoms with Crippen molar-refractivity contribution in [3.05, 3.63) is 48.2 Å². The van der Waals surface area contributed by atoms with Crippen molar-refractivity contribution < 1.29 is 8.42 Å². The summed E-state index contributed by atoms with van der Waals surface area (Å²) >= 11 is 0. The second kappa shape index (κ2) is 4.78. The molecule has 0 radical (unpaired) electrons. The highest BCUT2D eigenvalue weighted by Gasteiger charge is 2.05. The Morgan fingerprint density at radius 2 is 1.78 bits per heavy atom. The van der Waals surface area contributed by atoms with Crippen LogP contribution in [0, 0.1) is 0 Å². The largest absolute Gasteiger partial charge is 0.399 e. The van der Waals surface area contributed by atoms with Crippen molar-refractivity contribution in [1.29, 1.82) is 0 Å². The van der Waals surface area contributed by atoms with Crippen molar-refractivity contribution in [2.45, 2.75) is 5.75 Å². The predicted molar refractivity (Wildman–Crippen MR) is 72.6 cm³/mol. The third-order valence-electron chi connectivity index (χ3n) is 2.46. The maximum absolute atomic E-state index is 11.2. The van der Waals surface area contributed by atoms with Gasteiger partial charge in [0, 0.05) is 23.7 Å². The van der Waals surface area contributed by atoms with Gasteiger partial charge in [-0.2, -0.15) is 0 Å². The zero-order chi connectivity index (χ0) is 13.2. The number of nitrogens with zero attached hydrogens (tertiary/aromatic N) is 1.